The second-order valence-corrected chi connectivity index (χ2v) is 6.79. The number of halogens is 1. The average Bonchev–Trinajstić information content (AvgIpc) is 2.52. The summed E-state index contributed by atoms with van der Waals surface area (Å²) in [5, 5.41) is 4.01. The Morgan fingerprint density at radius 3 is 2.70 bits per heavy atom. The molecule has 0 aliphatic carbocycles. The van der Waals surface area contributed by atoms with E-state index < -0.39 is 0 Å². The largest absolute Gasteiger partial charge is 0.496 e. The Labute approximate surface area is 151 Å². The Balaban J connectivity index is 2.11. The van der Waals surface area contributed by atoms with Crippen LogP contribution in [-0.4, -0.2) is 24.2 Å². The van der Waals surface area contributed by atoms with Gasteiger partial charge in [0.1, 0.15) is 5.75 Å². The molecule has 0 saturated carbocycles. The highest BCUT2D eigenvalue weighted by atomic mass is 79.9. The molecule has 0 bridgehead atoms. The fourth-order valence-electron chi connectivity index (χ4n) is 2.30. The van der Waals surface area contributed by atoms with E-state index in [0.29, 0.717) is 11.7 Å². The van der Waals surface area contributed by atoms with Crippen LogP contribution in [0.3, 0.4) is 0 Å². The fourth-order valence-corrected chi connectivity index (χ4v) is 2.88. The lowest BCUT2D eigenvalue weighted by Crippen LogP contribution is -2.31. The molecule has 0 spiro atoms. The lowest BCUT2D eigenvalue weighted by atomic mass is 10.1. The maximum absolute atomic E-state index is 5.54. The van der Waals surface area contributed by atoms with Crippen LogP contribution in [0.1, 0.15) is 16.7 Å². The van der Waals surface area contributed by atoms with E-state index in [2.05, 4.69) is 47.2 Å². The number of anilines is 1. The van der Waals surface area contributed by atoms with Crippen molar-refractivity contribution >= 4 is 38.9 Å². The molecule has 122 valence electrons. The molecule has 0 fully saturated rings. The number of nitrogens with zero attached hydrogens (tertiary/aromatic N) is 1. The van der Waals surface area contributed by atoms with Gasteiger partial charge in [-0.25, -0.2) is 0 Å². The fraction of sp³-hybridized carbons (Fsp3) is 0.278. The van der Waals surface area contributed by atoms with Gasteiger partial charge in [-0.15, -0.1) is 0 Å². The molecule has 2 rings (SSSR count). The first-order chi connectivity index (χ1) is 10.9. The Morgan fingerprint density at radius 2 is 2.00 bits per heavy atom. The Kier molecular flexibility index (Phi) is 6.02. The van der Waals surface area contributed by atoms with Crippen LogP contribution in [0.2, 0.25) is 0 Å². The molecule has 3 nitrogen and oxygen atoms in total. The molecule has 2 aromatic carbocycles. The maximum atomic E-state index is 5.54. The number of methoxy groups -OCH3 is 1. The summed E-state index contributed by atoms with van der Waals surface area (Å²) in [6.07, 6.45) is 0. The molecule has 0 aromatic heterocycles. The van der Waals surface area contributed by atoms with Crippen LogP contribution < -0.4 is 10.1 Å². The summed E-state index contributed by atoms with van der Waals surface area (Å²) in [5.74, 6) is 0.856. The first kappa shape index (κ1) is 17.8. The zero-order valence-electron chi connectivity index (χ0n) is 13.8. The molecule has 0 atom stereocenters. The first-order valence-corrected chi connectivity index (χ1v) is 8.53. The number of hydrogen-bond acceptors (Lipinski definition) is 2. The van der Waals surface area contributed by atoms with Crippen LogP contribution >= 0.6 is 28.1 Å². The summed E-state index contributed by atoms with van der Waals surface area (Å²) in [6, 6.07) is 12.1. The van der Waals surface area contributed by atoms with Crippen LogP contribution in [0.5, 0.6) is 5.75 Å². The molecule has 0 amide bonds. The molecule has 0 aliphatic heterocycles. The molecule has 23 heavy (non-hydrogen) atoms. The molecule has 2 aromatic rings. The van der Waals surface area contributed by atoms with Crippen LogP contribution in [0.15, 0.2) is 40.9 Å². The van der Waals surface area contributed by atoms with E-state index in [9.17, 15) is 0 Å². The average molecular weight is 393 g/mol. The Morgan fingerprint density at radius 1 is 1.26 bits per heavy atom. The van der Waals surface area contributed by atoms with Crippen molar-refractivity contribution in [2.45, 2.75) is 20.4 Å². The van der Waals surface area contributed by atoms with E-state index in [1.165, 1.54) is 11.1 Å². The minimum atomic E-state index is 0.666. The molecule has 5 heteroatoms. The molecule has 0 aliphatic rings. The van der Waals surface area contributed by atoms with E-state index in [1.54, 1.807) is 7.11 Å². The van der Waals surface area contributed by atoms with Gasteiger partial charge >= 0.3 is 0 Å². The van der Waals surface area contributed by atoms with Gasteiger partial charge in [-0.05, 0) is 61.5 Å². The normalized spacial score (nSPS) is 10.3. The van der Waals surface area contributed by atoms with E-state index in [1.807, 2.05) is 36.2 Å². The summed E-state index contributed by atoms with van der Waals surface area (Å²) >= 11 is 9.04. The molecule has 0 heterocycles. The van der Waals surface area contributed by atoms with Crippen molar-refractivity contribution in [2.24, 2.45) is 0 Å². The topological polar surface area (TPSA) is 24.5 Å². The summed E-state index contributed by atoms with van der Waals surface area (Å²) < 4.78 is 6.45. The van der Waals surface area contributed by atoms with Crippen molar-refractivity contribution in [1.82, 2.24) is 4.90 Å². The number of aryl methyl sites for hydroxylation is 1. The summed E-state index contributed by atoms with van der Waals surface area (Å²) in [7, 11) is 3.65. The number of ether oxygens (including phenoxy) is 1. The zero-order valence-corrected chi connectivity index (χ0v) is 16.2. The van der Waals surface area contributed by atoms with Crippen molar-refractivity contribution in [2.75, 3.05) is 19.5 Å². The number of benzene rings is 2. The Hall–Kier alpha value is -1.59. The van der Waals surface area contributed by atoms with Gasteiger partial charge in [-0.1, -0.05) is 28.1 Å². The van der Waals surface area contributed by atoms with Crippen molar-refractivity contribution < 1.29 is 4.74 Å². The predicted octanol–water partition coefficient (Wildman–Crippen LogP) is 4.90. The summed E-state index contributed by atoms with van der Waals surface area (Å²) in [5.41, 5.74) is 4.58. The molecule has 0 saturated heterocycles. The van der Waals surface area contributed by atoms with Gasteiger partial charge in [0.15, 0.2) is 5.11 Å². The summed E-state index contributed by atoms with van der Waals surface area (Å²) in [6.45, 7) is 4.86. The zero-order chi connectivity index (χ0) is 17.0. The Bertz CT molecular complexity index is 718. The van der Waals surface area contributed by atoms with Gasteiger partial charge in [-0.3, -0.25) is 0 Å². The van der Waals surface area contributed by atoms with Crippen molar-refractivity contribution in [1.29, 1.82) is 0 Å². The number of hydrogen-bond donors (Lipinski definition) is 1. The van der Waals surface area contributed by atoms with Gasteiger partial charge in [0, 0.05) is 29.3 Å². The third kappa shape index (κ3) is 4.45. The number of rotatable bonds is 4. The highest BCUT2D eigenvalue weighted by molar-refractivity contribution is 9.10. The van der Waals surface area contributed by atoms with Crippen molar-refractivity contribution in [3.05, 3.63) is 57.6 Å². The van der Waals surface area contributed by atoms with E-state index in [0.717, 1.165) is 21.5 Å². The van der Waals surface area contributed by atoms with Gasteiger partial charge in [0.05, 0.1) is 7.11 Å². The van der Waals surface area contributed by atoms with Crippen molar-refractivity contribution in [3.63, 3.8) is 0 Å². The predicted molar refractivity (Wildman–Crippen MR) is 104 cm³/mol. The van der Waals surface area contributed by atoms with E-state index in [-0.39, 0.29) is 0 Å². The standard InChI is InChI=1S/C18H21BrN2OS/c1-12-6-5-7-16(13(12)2)20-18(23)21(3)11-14-10-15(19)8-9-17(14)22-4/h5-10H,11H2,1-4H3,(H,20,23). The molecule has 0 radical (unpaired) electrons. The minimum Gasteiger partial charge on any atom is -0.496 e. The highest BCUT2D eigenvalue weighted by Crippen LogP contribution is 2.24. The van der Waals surface area contributed by atoms with Gasteiger partial charge in [0.25, 0.3) is 0 Å². The minimum absolute atomic E-state index is 0.666. The third-order valence-corrected chi connectivity index (χ3v) is 4.75. The van der Waals surface area contributed by atoms with E-state index in [4.69, 9.17) is 17.0 Å². The third-order valence-electron chi connectivity index (χ3n) is 3.84. The number of nitrogens with one attached hydrogen (secondary N) is 1. The lowest BCUT2D eigenvalue weighted by molar-refractivity contribution is 0.399. The lowest BCUT2D eigenvalue weighted by Gasteiger charge is -2.23. The van der Waals surface area contributed by atoms with Gasteiger partial charge in [-0.2, -0.15) is 0 Å². The number of thiocarbonyl (C=S) groups is 1. The van der Waals surface area contributed by atoms with Crippen LogP contribution in [-0.2, 0) is 6.54 Å². The second kappa shape index (κ2) is 7.79. The smallest absolute Gasteiger partial charge is 0.173 e. The molecule has 0 unspecified atom stereocenters. The van der Waals surface area contributed by atoms with Crippen LogP contribution in [0.25, 0.3) is 0 Å². The highest BCUT2D eigenvalue weighted by Gasteiger charge is 2.11. The maximum Gasteiger partial charge on any atom is 0.173 e. The molecular weight excluding hydrogens is 372 g/mol. The molecular formula is C18H21BrN2OS. The second-order valence-electron chi connectivity index (χ2n) is 5.49. The van der Waals surface area contributed by atoms with Crippen LogP contribution in [0, 0.1) is 13.8 Å². The van der Waals surface area contributed by atoms with Gasteiger partial charge < -0.3 is 15.0 Å². The van der Waals surface area contributed by atoms with Crippen LogP contribution in [0.4, 0.5) is 5.69 Å². The summed E-state index contributed by atoms with van der Waals surface area (Å²) in [4.78, 5) is 2.00. The first-order valence-electron chi connectivity index (χ1n) is 7.33. The van der Waals surface area contributed by atoms with E-state index >= 15 is 0 Å². The monoisotopic (exact) mass is 392 g/mol. The van der Waals surface area contributed by atoms with Gasteiger partial charge in [0.2, 0.25) is 0 Å². The molecule has 1 N–H and O–H groups in total. The van der Waals surface area contributed by atoms with Crippen molar-refractivity contribution in [3.8, 4) is 5.75 Å². The SMILES string of the molecule is COc1ccc(Br)cc1CN(C)C(=S)Nc1cccc(C)c1C. The quantitative estimate of drug-likeness (QED) is 0.747.